The second kappa shape index (κ2) is 6.33. The summed E-state index contributed by atoms with van der Waals surface area (Å²) < 4.78 is 0. The Hall–Kier alpha value is -3.15. The summed E-state index contributed by atoms with van der Waals surface area (Å²) in [7, 11) is 0. The van der Waals surface area contributed by atoms with Crippen molar-refractivity contribution in [3.8, 4) is 5.75 Å². The Morgan fingerprint density at radius 3 is 2.57 bits per heavy atom. The maximum absolute atomic E-state index is 11.7. The quantitative estimate of drug-likeness (QED) is 0.513. The van der Waals surface area contributed by atoms with E-state index in [-0.39, 0.29) is 11.4 Å². The number of phenolic OH excluding ortho intramolecular Hbond substituents is 1. The van der Waals surface area contributed by atoms with E-state index in [9.17, 15) is 14.9 Å². The van der Waals surface area contributed by atoms with Crippen LogP contribution in [0.5, 0.6) is 5.75 Å². The van der Waals surface area contributed by atoms with Crippen LogP contribution in [0, 0.1) is 10.1 Å². The van der Waals surface area contributed by atoms with Crippen LogP contribution in [0.2, 0.25) is 0 Å². The standard InChI is InChI=1S/C15H12N2O4/c18-14-7-4-11(5-8-14)6-9-15(19)16-12-2-1-3-13(10-12)17(20)21/h1-10,18H,(H,16,19)/b9-6+. The number of carbonyl (C=O) groups excluding carboxylic acids is 1. The van der Waals surface area contributed by atoms with Gasteiger partial charge in [-0.1, -0.05) is 18.2 Å². The topological polar surface area (TPSA) is 92.5 Å². The van der Waals surface area contributed by atoms with E-state index in [2.05, 4.69) is 5.32 Å². The van der Waals surface area contributed by atoms with Crippen LogP contribution in [0.25, 0.3) is 6.08 Å². The van der Waals surface area contributed by atoms with Crippen LogP contribution in [0.4, 0.5) is 11.4 Å². The smallest absolute Gasteiger partial charge is 0.271 e. The van der Waals surface area contributed by atoms with E-state index in [1.807, 2.05) is 0 Å². The van der Waals surface area contributed by atoms with E-state index in [4.69, 9.17) is 5.11 Å². The molecule has 2 aromatic carbocycles. The lowest BCUT2D eigenvalue weighted by Gasteiger charge is -2.01. The summed E-state index contributed by atoms with van der Waals surface area (Å²) in [6, 6.07) is 12.0. The fourth-order valence-corrected chi connectivity index (χ4v) is 1.64. The number of carbonyl (C=O) groups is 1. The Morgan fingerprint density at radius 1 is 1.19 bits per heavy atom. The predicted octanol–water partition coefficient (Wildman–Crippen LogP) is 2.95. The second-order valence-corrected chi connectivity index (χ2v) is 4.22. The Labute approximate surface area is 120 Å². The Morgan fingerprint density at radius 2 is 1.90 bits per heavy atom. The summed E-state index contributed by atoms with van der Waals surface area (Å²) in [6.45, 7) is 0. The number of hydrogen-bond donors (Lipinski definition) is 2. The number of anilines is 1. The third-order valence-corrected chi connectivity index (χ3v) is 2.64. The molecule has 0 saturated carbocycles. The molecule has 0 fully saturated rings. The Balaban J connectivity index is 2.03. The van der Waals surface area contributed by atoms with Crippen LogP contribution in [-0.4, -0.2) is 15.9 Å². The van der Waals surface area contributed by atoms with Gasteiger partial charge in [0, 0.05) is 23.9 Å². The van der Waals surface area contributed by atoms with Crippen molar-refractivity contribution in [2.24, 2.45) is 0 Å². The monoisotopic (exact) mass is 284 g/mol. The number of amides is 1. The first kappa shape index (κ1) is 14.3. The van der Waals surface area contributed by atoms with Gasteiger partial charge in [-0.3, -0.25) is 14.9 Å². The third kappa shape index (κ3) is 4.17. The number of nitro groups is 1. The first-order valence-electron chi connectivity index (χ1n) is 6.07. The largest absolute Gasteiger partial charge is 0.508 e. The van der Waals surface area contributed by atoms with E-state index < -0.39 is 10.8 Å². The molecule has 1 amide bonds. The van der Waals surface area contributed by atoms with Crippen molar-refractivity contribution >= 4 is 23.4 Å². The van der Waals surface area contributed by atoms with Crippen LogP contribution < -0.4 is 5.32 Å². The minimum absolute atomic E-state index is 0.0877. The molecule has 0 spiro atoms. The van der Waals surface area contributed by atoms with E-state index in [0.29, 0.717) is 5.69 Å². The molecule has 21 heavy (non-hydrogen) atoms. The van der Waals surface area contributed by atoms with Crippen molar-refractivity contribution in [2.45, 2.75) is 0 Å². The van der Waals surface area contributed by atoms with Gasteiger partial charge in [-0.05, 0) is 29.8 Å². The van der Waals surface area contributed by atoms with Gasteiger partial charge in [0.15, 0.2) is 0 Å². The third-order valence-electron chi connectivity index (χ3n) is 2.64. The summed E-state index contributed by atoms with van der Waals surface area (Å²) in [5.41, 5.74) is 1.02. The number of nitrogens with zero attached hydrogens (tertiary/aromatic N) is 1. The van der Waals surface area contributed by atoms with E-state index in [1.54, 1.807) is 24.3 Å². The predicted molar refractivity (Wildman–Crippen MR) is 78.9 cm³/mol. The van der Waals surface area contributed by atoms with Gasteiger partial charge in [0.1, 0.15) is 5.75 Å². The van der Waals surface area contributed by atoms with Crippen molar-refractivity contribution in [3.63, 3.8) is 0 Å². The van der Waals surface area contributed by atoms with E-state index >= 15 is 0 Å². The number of hydrogen-bond acceptors (Lipinski definition) is 4. The molecule has 0 saturated heterocycles. The average Bonchev–Trinajstić information content (AvgIpc) is 2.47. The number of nitro benzene ring substituents is 1. The minimum Gasteiger partial charge on any atom is -0.508 e. The molecule has 0 bridgehead atoms. The molecule has 0 heterocycles. The zero-order valence-electron chi connectivity index (χ0n) is 10.9. The lowest BCUT2D eigenvalue weighted by atomic mass is 10.2. The Bertz CT molecular complexity index is 693. The molecular weight excluding hydrogens is 272 g/mol. The highest BCUT2D eigenvalue weighted by molar-refractivity contribution is 6.02. The van der Waals surface area contributed by atoms with Crippen LogP contribution in [-0.2, 0) is 4.79 Å². The van der Waals surface area contributed by atoms with Gasteiger partial charge in [-0.2, -0.15) is 0 Å². The molecule has 2 rings (SSSR count). The molecule has 0 aliphatic heterocycles. The van der Waals surface area contributed by atoms with Crippen LogP contribution in [0.15, 0.2) is 54.6 Å². The molecule has 0 aliphatic rings. The average molecular weight is 284 g/mol. The van der Waals surface area contributed by atoms with E-state index in [1.165, 1.54) is 36.4 Å². The second-order valence-electron chi connectivity index (χ2n) is 4.22. The number of rotatable bonds is 4. The maximum Gasteiger partial charge on any atom is 0.271 e. The zero-order chi connectivity index (χ0) is 15.2. The van der Waals surface area contributed by atoms with Crippen molar-refractivity contribution in [1.29, 1.82) is 0 Å². The van der Waals surface area contributed by atoms with Gasteiger partial charge in [0.05, 0.1) is 4.92 Å². The van der Waals surface area contributed by atoms with Gasteiger partial charge >= 0.3 is 0 Å². The molecule has 0 atom stereocenters. The van der Waals surface area contributed by atoms with E-state index in [0.717, 1.165) is 5.56 Å². The van der Waals surface area contributed by atoms with Gasteiger partial charge in [0.2, 0.25) is 5.91 Å². The summed E-state index contributed by atoms with van der Waals surface area (Å²) >= 11 is 0. The minimum atomic E-state index is -0.526. The lowest BCUT2D eigenvalue weighted by molar-refractivity contribution is -0.384. The van der Waals surface area contributed by atoms with Crippen molar-refractivity contribution in [3.05, 3.63) is 70.3 Å². The van der Waals surface area contributed by atoms with Crippen molar-refractivity contribution in [1.82, 2.24) is 0 Å². The van der Waals surface area contributed by atoms with Crippen molar-refractivity contribution < 1.29 is 14.8 Å². The fourth-order valence-electron chi connectivity index (χ4n) is 1.64. The highest BCUT2D eigenvalue weighted by atomic mass is 16.6. The molecule has 0 radical (unpaired) electrons. The zero-order valence-corrected chi connectivity index (χ0v) is 10.9. The van der Waals surface area contributed by atoms with Gasteiger partial charge in [-0.15, -0.1) is 0 Å². The molecule has 6 nitrogen and oxygen atoms in total. The lowest BCUT2D eigenvalue weighted by Crippen LogP contribution is -2.07. The number of aromatic hydroxyl groups is 1. The van der Waals surface area contributed by atoms with Gasteiger partial charge in [0.25, 0.3) is 5.69 Å². The molecule has 0 aliphatic carbocycles. The molecule has 2 N–H and O–H groups in total. The summed E-state index contributed by atoms with van der Waals surface area (Å²) in [5.74, 6) is -0.253. The van der Waals surface area contributed by atoms with Crippen molar-refractivity contribution in [2.75, 3.05) is 5.32 Å². The SMILES string of the molecule is O=C(/C=C/c1ccc(O)cc1)Nc1cccc([N+](=O)[O-])c1. The number of benzene rings is 2. The molecule has 106 valence electrons. The summed E-state index contributed by atoms with van der Waals surface area (Å²) in [5, 5.41) is 22.3. The summed E-state index contributed by atoms with van der Waals surface area (Å²) in [6.07, 6.45) is 2.89. The normalized spacial score (nSPS) is 10.5. The van der Waals surface area contributed by atoms with Gasteiger partial charge in [-0.25, -0.2) is 0 Å². The van der Waals surface area contributed by atoms with Gasteiger partial charge < -0.3 is 10.4 Å². The van der Waals surface area contributed by atoms with Crippen LogP contribution >= 0.6 is 0 Å². The highest BCUT2D eigenvalue weighted by Crippen LogP contribution is 2.17. The summed E-state index contributed by atoms with van der Waals surface area (Å²) in [4.78, 5) is 21.8. The fraction of sp³-hybridized carbons (Fsp3) is 0. The number of phenols is 1. The molecule has 0 aromatic heterocycles. The maximum atomic E-state index is 11.7. The molecule has 2 aromatic rings. The number of nitrogens with one attached hydrogen (secondary N) is 1. The highest BCUT2D eigenvalue weighted by Gasteiger charge is 2.06. The van der Waals surface area contributed by atoms with Crippen LogP contribution in [0.1, 0.15) is 5.56 Å². The Kier molecular flexibility index (Phi) is 4.30. The molecular formula is C15H12N2O4. The first-order chi connectivity index (χ1) is 10.0. The first-order valence-corrected chi connectivity index (χ1v) is 6.07. The number of non-ortho nitro benzene ring substituents is 1. The molecule has 0 unspecified atom stereocenters. The molecule has 6 heteroatoms. The van der Waals surface area contributed by atoms with Crippen LogP contribution in [0.3, 0.4) is 0 Å².